The van der Waals surface area contributed by atoms with Gasteiger partial charge in [-0.05, 0) is 52.3 Å². The van der Waals surface area contributed by atoms with Crippen molar-refractivity contribution < 1.29 is 47.3 Å². The summed E-state index contributed by atoms with van der Waals surface area (Å²) in [6, 6.07) is 7.95. The lowest BCUT2D eigenvalue weighted by atomic mass is 10.1. The zero-order valence-electron chi connectivity index (χ0n) is 25.4. The summed E-state index contributed by atoms with van der Waals surface area (Å²) in [5.74, 6) is -4.06. The predicted octanol–water partition coefficient (Wildman–Crippen LogP) is 3.89. The molecule has 2 unspecified atom stereocenters. The molecule has 0 spiro atoms. The number of ether oxygens (including phenoxy) is 3. The van der Waals surface area contributed by atoms with Crippen LogP contribution in [0, 0.1) is 11.6 Å². The van der Waals surface area contributed by atoms with Gasteiger partial charge in [0.1, 0.15) is 18.7 Å². The number of amides is 4. The summed E-state index contributed by atoms with van der Waals surface area (Å²) in [6.45, 7) is 8.24. The van der Waals surface area contributed by atoms with E-state index in [1.807, 2.05) is 5.32 Å². The van der Waals surface area contributed by atoms with Crippen LogP contribution in [-0.2, 0) is 30.4 Å². The fourth-order valence-electron chi connectivity index (χ4n) is 4.23. The quantitative estimate of drug-likeness (QED) is 0.239. The number of benzene rings is 2. The summed E-state index contributed by atoms with van der Waals surface area (Å²) >= 11 is 0. The number of halogens is 2. The Morgan fingerprint density at radius 1 is 0.909 bits per heavy atom. The van der Waals surface area contributed by atoms with Gasteiger partial charge in [-0.1, -0.05) is 30.3 Å². The van der Waals surface area contributed by atoms with Crippen molar-refractivity contribution in [3.63, 3.8) is 0 Å². The smallest absolute Gasteiger partial charge is 0.408 e. The van der Waals surface area contributed by atoms with Crippen molar-refractivity contribution in [2.45, 2.75) is 65.6 Å². The molecule has 0 fully saturated rings. The molecule has 0 bridgehead atoms. The van der Waals surface area contributed by atoms with Crippen LogP contribution in [-0.4, -0.2) is 84.7 Å². The molecular weight excluding hydrogens is 582 g/mol. The van der Waals surface area contributed by atoms with E-state index in [9.17, 15) is 33.1 Å². The van der Waals surface area contributed by atoms with E-state index >= 15 is 0 Å². The number of carbonyl (C=O) groups is 4. The van der Waals surface area contributed by atoms with Gasteiger partial charge in [-0.2, -0.15) is 0 Å². The Labute approximate surface area is 255 Å². The van der Waals surface area contributed by atoms with E-state index in [0.29, 0.717) is 18.8 Å². The minimum Gasteiger partial charge on any atom is -0.465 e. The number of hydrogen-bond donors (Lipinski definition) is 3. The first-order valence-electron chi connectivity index (χ1n) is 14.1. The molecule has 0 saturated heterocycles. The molecule has 0 aliphatic carbocycles. The van der Waals surface area contributed by atoms with Crippen molar-refractivity contribution in [3.8, 4) is 0 Å². The molecule has 2 rings (SSSR count). The summed E-state index contributed by atoms with van der Waals surface area (Å²) in [7, 11) is 0. The van der Waals surface area contributed by atoms with Crippen LogP contribution in [0.5, 0.6) is 0 Å². The minimum absolute atomic E-state index is 0.00358. The Morgan fingerprint density at radius 2 is 1.55 bits per heavy atom. The molecule has 0 aromatic heterocycles. The zero-order chi connectivity index (χ0) is 32.8. The third kappa shape index (κ3) is 10.8. The highest BCUT2D eigenvalue weighted by Gasteiger charge is 2.37. The van der Waals surface area contributed by atoms with E-state index in [1.165, 1.54) is 11.8 Å². The van der Waals surface area contributed by atoms with Crippen molar-refractivity contribution >= 4 is 29.7 Å². The number of nitrogens with one attached hydrogen (secondary N) is 2. The largest absolute Gasteiger partial charge is 0.465 e. The van der Waals surface area contributed by atoms with Gasteiger partial charge in [0.15, 0.2) is 17.9 Å². The standard InChI is InChI=1S/C30H40F2N4O8/c1-6-42-26(43-7-2)17-35(19(3)4)27(37)20(5)36(22-13-14-23(31)24(32)15-22)28(38)25(16-33-29(39)40)34-30(41)44-18-21-11-9-8-10-12-21/h8-15,19-20,25-26,33H,6-7,16-18H2,1-5H3,(H,34,41)(H,39,40). The van der Waals surface area contributed by atoms with Crippen LogP contribution < -0.4 is 15.5 Å². The lowest BCUT2D eigenvalue weighted by molar-refractivity contribution is -0.162. The highest BCUT2D eigenvalue weighted by Crippen LogP contribution is 2.23. The van der Waals surface area contributed by atoms with Gasteiger partial charge >= 0.3 is 12.2 Å². The van der Waals surface area contributed by atoms with E-state index in [4.69, 9.17) is 14.2 Å². The van der Waals surface area contributed by atoms with Gasteiger partial charge in [-0.15, -0.1) is 0 Å². The number of carboxylic acid groups (broad SMARTS) is 1. The Balaban J connectivity index is 2.45. The zero-order valence-corrected chi connectivity index (χ0v) is 25.4. The predicted molar refractivity (Wildman–Crippen MR) is 157 cm³/mol. The van der Waals surface area contributed by atoms with Gasteiger partial charge in [0, 0.05) is 31.0 Å². The molecule has 0 aliphatic rings. The van der Waals surface area contributed by atoms with E-state index < -0.39 is 66.6 Å². The molecule has 4 amide bonds. The number of nitrogens with zero attached hydrogens (tertiary/aromatic N) is 2. The molecule has 12 nitrogen and oxygen atoms in total. The van der Waals surface area contributed by atoms with Crippen molar-refractivity contribution in [1.29, 1.82) is 0 Å². The first-order chi connectivity index (χ1) is 20.9. The first-order valence-corrected chi connectivity index (χ1v) is 14.1. The summed E-state index contributed by atoms with van der Waals surface area (Å²) in [6.07, 6.45) is -3.32. The molecular formula is C30H40F2N4O8. The average molecular weight is 623 g/mol. The van der Waals surface area contributed by atoms with E-state index in [1.54, 1.807) is 58.0 Å². The molecule has 242 valence electrons. The van der Waals surface area contributed by atoms with Crippen molar-refractivity contribution in [1.82, 2.24) is 15.5 Å². The Bertz CT molecular complexity index is 1240. The third-order valence-electron chi connectivity index (χ3n) is 6.38. The second-order valence-corrected chi connectivity index (χ2v) is 9.85. The lowest BCUT2D eigenvalue weighted by Crippen LogP contribution is -2.59. The van der Waals surface area contributed by atoms with Crippen LogP contribution in [0.1, 0.15) is 40.2 Å². The fourth-order valence-corrected chi connectivity index (χ4v) is 4.23. The Hall–Kier alpha value is -4.30. The third-order valence-corrected chi connectivity index (χ3v) is 6.38. The van der Waals surface area contributed by atoms with Crippen LogP contribution in [0.2, 0.25) is 0 Å². The van der Waals surface area contributed by atoms with E-state index in [2.05, 4.69) is 5.32 Å². The highest BCUT2D eigenvalue weighted by molar-refractivity contribution is 6.04. The maximum Gasteiger partial charge on any atom is 0.408 e. The van der Waals surface area contributed by atoms with E-state index in [0.717, 1.165) is 23.1 Å². The van der Waals surface area contributed by atoms with Crippen LogP contribution in [0.3, 0.4) is 0 Å². The molecule has 0 radical (unpaired) electrons. The van der Waals surface area contributed by atoms with Gasteiger partial charge in [0.05, 0.1) is 13.1 Å². The average Bonchev–Trinajstić information content (AvgIpc) is 2.98. The lowest BCUT2D eigenvalue weighted by Gasteiger charge is -2.37. The van der Waals surface area contributed by atoms with Crippen molar-refractivity contribution in [2.75, 3.05) is 31.2 Å². The van der Waals surface area contributed by atoms with Crippen molar-refractivity contribution in [3.05, 3.63) is 65.7 Å². The maximum atomic E-state index is 14.4. The molecule has 2 atom stereocenters. The summed E-state index contributed by atoms with van der Waals surface area (Å²) in [5.41, 5.74) is 0.451. The van der Waals surface area contributed by atoms with Gasteiger partial charge in [0.2, 0.25) is 5.91 Å². The number of rotatable bonds is 16. The summed E-state index contributed by atoms with van der Waals surface area (Å²) in [4.78, 5) is 54.2. The molecule has 0 saturated carbocycles. The van der Waals surface area contributed by atoms with Crippen LogP contribution in [0.4, 0.5) is 24.1 Å². The SMILES string of the molecule is CCOC(CN(C(=O)C(C)N(C(=O)C(CNC(=O)O)NC(=O)OCc1ccccc1)c1ccc(F)c(F)c1)C(C)C)OCC. The maximum absolute atomic E-state index is 14.4. The van der Waals surface area contributed by atoms with E-state index in [-0.39, 0.29) is 18.8 Å². The highest BCUT2D eigenvalue weighted by atomic mass is 19.2. The first kappa shape index (κ1) is 35.9. The van der Waals surface area contributed by atoms with Crippen molar-refractivity contribution in [2.24, 2.45) is 0 Å². The molecule has 3 N–H and O–H groups in total. The van der Waals surface area contributed by atoms with Gasteiger partial charge < -0.3 is 34.9 Å². The second kappa shape index (κ2) is 17.7. The van der Waals surface area contributed by atoms with Gasteiger partial charge in [-0.3, -0.25) is 14.5 Å². The van der Waals surface area contributed by atoms with Crippen LogP contribution >= 0.6 is 0 Å². The van der Waals surface area contributed by atoms with Crippen LogP contribution in [0.15, 0.2) is 48.5 Å². The van der Waals surface area contributed by atoms with Gasteiger partial charge in [-0.25, -0.2) is 18.4 Å². The van der Waals surface area contributed by atoms with Gasteiger partial charge in [0.25, 0.3) is 5.91 Å². The summed E-state index contributed by atoms with van der Waals surface area (Å²) < 4.78 is 44.7. The molecule has 14 heteroatoms. The molecule has 2 aromatic rings. The molecule has 2 aromatic carbocycles. The topological polar surface area (TPSA) is 147 Å². The molecule has 0 heterocycles. The molecule has 0 aliphatic heterocycles. The summed E-state index contributed by atoms with van der Waals surface area (Å²) in [5, 5.41) is 13.6. The Morgan fingerprint density at radius 3 is 2.09 bits per heavy atom. The monoisotopic (exact) mass is 622 g/mol. The van der Waals surface area contributed by atoms with Crippen LogP contribution in [0.25, 0.3) is 0 Å². The Kier molecular flexibility index (Phi) is 14.5. The normalized spacial score (nSPS) is 12.4. The number of hydrogen-bond acceptors (Lipinski definition) is 7. The second-order valence-electron chi connectivity index (χ2n) is 9.85. The number of alkyl carbamates (subject to hydrolysis) is 1. The number of anilines is 1. The fraction of sp³-hybridized carbons (Fsp3) is 0.467. The minimum atomic E-state index is -1.61. The number of carbonyl (C=O) groups excluding carboxylic acids is 3. The molecule has 44 heavy (non-hydrogen) atoms.